The second-order valence-corrected chi connectivity index (χ2v) is 10.1. The Morgan fingerprint density at radius 3 is 2.77 bits per heavy atom. The normalized spacial score (nSPS) is 19.7. The van der Waals surface area contributed by atoms with Gasteiger partial charge >= 0.3 is 11.9 Å². The maximum Gasteiger partial charge on any atom is 0.311 e. The van der Waals surface area contributed by atoms with E-state index in [4.69, 9.17) is 16.3 Å². The largest absolute Gasteiger partial charge is 0.490 e. The minimum Gasteiger partial charge on any atom is -0.490 e. The highest BCUT2D eigenvalue weighted by Crippen LogP contribution is 2.45. The number of rotatable bonds is 9. The Morgan fingerprint density at radius 2 is 2.03 bits per heavy atom. The van der Waals surface area contributed by atoms with Crippen LogP contribution in [-0.2, 0) is 21.4 Å². The van der Waals surface area contributed by atoms with Gasteiger partial charge in [0.1, 0.15) is 5.75 Å². The summed E-state index contributed by atoms with van der Waals surface area (Å²) in [5, 5.41) is 19.7. The van der Waals surface area contributed by atoms with Crippen LogP contribution in [0.4, 0.5) is 5.69 Å². The van der Waals surface area contributed by atoms with Gasteiger partial charge in [0.2, 0.25) is 0 Å². The van der Waals surface area contributed by atoms with E-state index in [1.807, 2.05) is 18.2 Å². The summed E-state index contributed by atoms with van der Waals surface area (Å²) in [6.07, 6.45) is 7.37. The number of aryl methyl sites for hydroxylation is 1. The number of carboxylic acid groups (broad SMARTS) is 2. The molecule has 1 aliphatic heterocycles. The molecule has 7 heteroatoms. The first kappa shape index (κ1) is 25.1. The third-order valence-electron chi connectivity index (χ3n) is 7.23. The maximum atomic E-state index is 11.9. The highest BCUT2D eigenvalue weighted by atomic mass is 35.5. The van der Waals surface area contributed by atoms with Gasteiger partial charge in [0.15, 0.2) is 0 Å². The number of hydrogen-bond acceptors (Lipinski definition) is 4. The van der Waals surface area contributed by atoms with E-state index in [1.54, 1.807) is 12.1 Å². The number of aliphatic carboxylic acids is 2. The average molecular weight is 498 g/mol. The van der Waals surface area contributed by atoms with Crippen LogP contribution >= 0.6 is 11.6 Å². The third kappa shape index (κ3) is 5.48. The Balaban J connectivity index is 1.73. The second kappa shape index (κ2) is 10.7. The Labute approximate surface area is 211 Å². The molecule has 0 bridgehead atoms. The molecule has 1 unspecified atom stereocenters. The number of fused-ring (bicyclic) bond motifs is 3. The molecule has 186 valence electrons. The van der Waals surface area contributed by atoms with Crippen LogP contribution in [0, 0.1) is 0 Å². The van der Waals surface area contributed by atoms with Crippen molar-refractivity contribution >= 4 is 29.2 Å². The van der Waals surface area contributed by atoms with E-state index in [9.17, 15) is 19.8 Å². The Morgan fingerprint density at radius 1 is 1.20 bits per heavy atom. The van der Waals surface area contributed by atoms with Gasteiger partial charge in [-0.05, 0) is 79.5 Å². The monoisotopic (exact) mass is 497 g/mol. The fourth-order valence-corrected chi connectivity index (χ4v) is 5.69. The number of carbonyl (C=O) groups is 2. The molecule has 35 heavy (non-hydrogen) atoms. The van der Waals surface area contributed by atoms with Crippen molar-refractivity contribution in [3.05, 3.63) is 70.8 Å². The van der Waals surface area contributed by atoms with Crippen LogP contribution in [-0.4, -0.2) is 41.8 Å². The quantitative estimate of drug-likeness (QED) is 0.335. The van der Waals surface area contributed by atoms with Crippen LogP contribution in [0.3, 0.4) is 0 Å². The summed E-state index contributed by atoms with van der Waals surface area (Å²) in [5.41, 5.74) is 3.63. The molecule has 1 aliphatic carbocycles. The maximum absolute atomic E-state index is 11.9. The fourth-order valence-electron chi connectivity index (χ4n) is 5.50. The number of benzene rings is 2. The summed E-state index contributed by atoms with van der Waals surface area (Å²) >= 11 is 6.31. The molecule has 0 fully saturated rings. The average Bonchev–Trinajstić information content (AvgIpc) is 2.97. The summed E-state index contributed by atoms with van der Waals surface area (Å²) in [5.74, 6) is -2.69. The predicted molar refractivity (Wildman–Crippen MR) is 137 cm³/mol. The fraction of sp³-hybridized carbons (Fsp3) is 0.429. The number of unbranched alkanes of at least 4 members (excludes halogenated alkanes) is 2. The van der Waals surface area contributed by atoms with Gasteiger partial charge in [-0.1, -0.05) is 29.8 Å². The standard InChI is InChI=1S/C28H32ClNO5/c1-2-3-4-5-13-30-17-28(12-6-7-20-14-21(29)9-10-23(20)28)18-35-25-11-8-19(15-24(25)30)22(27(33)34)16-26(31)32/h2,8-11,14-15,22H,1,3-7,12-13,16-18H2,(H,31,32)(H,33,34)/t22?,28-/m0/s1. The topological polar surface area (TPSA) is 87.1 Å². The molecule has 0 aromatic heterocycles. The molecule has 0 radical (unpaired) electrons. The number of carboxylic acids is 2. The van der Waals surface area contributed by atoms with Gasteiger partial charge in [-0.15, -0.1) is 6.58 Å². The summed E-state index contributed by atoms with van der Waals surface area (Å²) < 4.78 is 6.41. The van der Waals surface area contributed by atoms with Crippen LogP contribution in [0.15, 0.2) is 49.1 Å². The predicted octanol–water partition coefficient (Wildman–Crippen LogP) is 5.81. The molecule has 2 aliphatic rings. The van der Waals surface area contributed by atoms with Gasteiger partial charge < -0.3 is 19.8 Å². The zero-order valence-electron chi connectivity index (χ0n) is 19.8. The molecular formula is C28H32ClNO5. The second-order valence-electron chi connectivity index (χ2n) is 9.65. The highest BCUT2D eigenvalue weighted by molar-refractivity contribution is 6.30. The lowest BCUT2D eigenvalue weighted by molar-refractivity contribution is -0.145. The van der Waals surface area contributed by atoms with Crippen molar-refractivity contribution in [2.24, 2.45) is 0 Å². The first-order chi connectivity index (χ1) is 16.8. The minimum atomic E-state index is -1.14. The van der Waals surface area contributed by atoms with Crippen molar-refractivity contribution < 1.29 is 24.5 Å². The lowest BCUT2D eigenvalue weighted by Crippen LogP contribution is -2.46. The molecule has 2 N–H and O–H groups in total. The van der Waals surface area contributed by atoms with E-state index in [-0.39, 0.29) is 5.41 Å². The van der Waals surface area contributed by atoms with Crippen molar-refractivity contribution in [3.63, 3.8) is 0 Å². The molecule has 2 aromatic carbocycles. The zero-order valence-corrected chi connectivity index (χ0v) is 20.6. The first-order valence-corrected chi connectivity index (χ1v) is 12.6. The van der Waals surface area contributed by atoms with Gasteiger partial charge in [0, 0.05) is 23.5 Å². The molecular weight excluding hydrogens is 466 g/mol. The van der Waals surface area contributed by atoms with Crippen LogP contribution in [0.1, 0.15) is 61.1 Å². The zero-order chi connectivity index (χ0) is 25.0. The molecule has 2 atom stereocenters. The van der Waals surface area contributed by atoms with E-state index < -0.39 is 24.3 Å². The van der Waals surface area contributed by atoms with Crippen molar-refractivity contribution in [2.75, 3.05) is 24.6 Å². The lowest BCUT2D eigenvalue weighted by Gasteiger charge is -2.41. The first-order valence-electron chi connectivity index (χ1n) is 12.2. The number of allylic oxidation sites excluding steroid dienone is 1. The van der Waals surface area contributed by atoms with Gasteiger partial charge in [0.05, 0.1) is 24.6 Å². The molecule has 4 rings (SSSR count). The van der Waals surface area contributed by atoms with Gasteiger partial charge in [-0.25, -0.2) is 0 Å². The molecule has 0 saturated heterocycles. The summed E-state index contributed by atoms with van der Waals surface area (Å²) in [6, 6.07) is 11.4. The van der Waals surface area contributed by atoms with Crippen molar-refractivity contribution in [1.29, 1.82) is 0 Å². The van der Waals surface area contributed by atoms with E-state index in [2.05, 4.69) is 23.6 Å². The van der Waals surface area contributed by atoms with Gasteiger partial charge in [-0.2, -0.15) is 0 Å². The van der Waals surface area contributed by atoms with Gasteiger partial charge in [0.25, 0.3) is 0 Å². The van der Waals surface area contributed by atoms with E-state index in [0.717, 1.165) is 62.3 Å². The SMILES string of the molecule is C=CCCCCN1C[C@@]2(CCCc3cc(Cl)ccc32)COc2ccc(C(CC(=O)O)C(=O)O)cc21. The summed E-state index contributed by atoms with van der Waals surface area (Å²) in [4.78, 5) is 25.5. The summed E-state index contributed by atoms with van der Waals surface area (Å²) in [7, 11) is 0. The molecule has 6 nitrogen and oxygen atoms in total. The van der Waals surface area contributed by atoms with Gasteiger partial charge in [-0.3, -0.25) is 9.59 Å². The van der Waals surface area contributed by atoms with Crippen molar-refractivity contribution in [2.45, 2.75) is 56.3 Å². The molecule has 1 spiro atoms. The van der Waals surface area contributed by atoms with Crippen molar-refractivity contribution in [1.82, 2.24) is 0 Å². The van der Waals surface area contributed by atoms with Crippen LogP contribution < -0.4 is 9.64 Å². The summed E-state index contributed by atoms with van der Waals surface area (Å²) in [6.45, 7) is 5.87. The van der Waals surface area contributed by atoms with E-state index in [1.165, 1.54) is 11.1 Å². The van der Waals surface area contributed by atoms with E-state index in [0.29, 0.717) is 17.9 Å². The highest BCUT2D eigenvalue weighted by Gasteiger charge is 2.41. The number of anilines is 1. The minimum absolute atomic E-state index is 0.205. The Hall–Kier alpha value is -2.99. The number of nitrogens with zero attached hydrogens (tertiary/aromatic N) is 1. The lowest BCUT2D eigenvalue weighted by atomic mass is 9.70. The van der Waals surface area contributed by atoms with E-state index >= 15 is 0 Å². The number of ether oxygens (including phenoxy) is 1. The van der Waals surface area contributed by atoms with Crippen molar-refractivity contribution in [3.8, 4) is 5.75 Å². The molecule has 0 amide bonds. The number of hydrogen-bond donors (Lipinski definition) is 2. The number of halogens is 1. The van der Waals surface area contributed by atoms with Crippen LogP contribution in [0.5, 0.6) is 5.75 Å². The smallest absolute Gasteiger partial charge is 0.311 e. The van der Waals surface area contributed by atoms with Crippen LogP contribution in [0.25, 0.3) is 0 Å². The Bertz CT molecular complexity index is 1120. The van der Waals surface area contributed by atoms with Crippen LogP contribution in [0.2, 0.25) is 5.02 Å². The molecule has 2 aromatic rings. The molecule has 1 heterocycles. The molecule has 0 saturated carbocycles. The third-order valence-corrected chi connectivity index (χ3v) is 7.46. The Kier molecular flexibility index (Phi) is 7.70.